The van der Waals surface area contributed by atoms with Crippen LogP contribution in [-0.2, 0) is 11.3 Å². The fraction of sp³-hybridized carbons (Fsp3) is 0.190. The maximum atomic E-state index is 14.2. The molecule has 3 aromatic rings. The first-order valence-corrected chi connectivity index (χ1v) is 10.7. The van der Waals surface area contributed by atoms with E-state index in [9.17, 15) is 18.8 Å². The minimum Gasteiger partial charge on any atom is -0.365 e. The number of nitrogens with two attached hydrogens (primary N) is 1. The molecular weight excluding hydrogens is 425 g/mol. The van der Waals surface area contributed by atoms with E-state index in [4.69, 9.17) is 5.73 Å². The summed E-state index contributed by atoms with van der Waals surface area (Å²) in [6, 6.07) is 9.32. The number of carbonyl (C=O) groups excluding carboxylic acids is 3. The molecular formula is C21H20FN3O3S2. The van der Waals surface area contributed by atoms with Gasteiger partial charge in [-0.05, 0) is 43.0 Å². The van der Waals surface area contributed by atoms with E-state index >= 15 is 0 Å². The van der Waals surface area contributed by atoms with Gasteiger partial charge in [-0.15, -0.1) is 22.7 Å². The van der Waals surface area contributed by atoms with Gasteiger partial charge in [0.15, 0.2) is 0 Å². The Hall–Kier alpha value is -3.04. The maximum Gasteiger partial charge on any atom is 0.257 e. The highest BCUT2D eigenvalue weighted by Crippen LogP contribution is 2.32. The molecule has 0 aliphatic carbocycles. The molecule has 2 aromatic heterocycles. The number of thiophene rings is 2. The molecule has 0 saturated heterocycles. The average molecular weight is 446 g/mol. The molecule has 3 rings (SSSR count). The quantitative estimate of drug-likeness (QED) is 0.577. The Bertz CT molecular complexity index is 1090. The minimum atomic E-state index is -0.653. The van der Waals surface area contributed by atoms with Gasteiger partial charge >= 0.3 is 0 Å². The van der Waals surface area contributed by atoms with E-state index < -0.39 is 23.5 Å². The van der Waals surface area contributed by atoms with E-state index in [1.807, 2.05) is 24.4 Å². The number of halogens is 1. The van der Waals surface area contributed by atoms with Crippen molar-refractivity contribution in [3.8, 4) is 0 Å². The van der Waals surface area contributed by atoms with Crippen LogP contribution in [0.3, 0.4) is 0 Å². The largest absolute Gasteiger partial charge is 0.365 e. The standard InChI is InChI=1S/C21H20FN3O3S2/c1-12-13(2)30-20(18(12)19(23)27)24-17(26)11-25(10-14-6-5-9-29-14)21(28)15-7-3-4-8-16(15)22/h3-9H,10-11H2,1-2H3,(H2,23,27)(H,24,26). The molecule has 0 radical (unpaired) electrons. The molecule has 0 atom stereocenters. The molecule has 0 unspecified atom stereocenters. The lowest BCUT2D eigenvalue weighted by Crippen LogP contribution is -2.38. The van der Waals surface area contributed by atoms with Crippen LogP contribution in [0.2, 0.25) is 0 Å². The highest BCUT2D eigenvalue weighted by atomic mass is 32.1. The van der Waals surface area contributed by atoms with Gasteiger partial charge in [0, 0.05) is 9.75 Å². The number of benzene rings is 1. The van der Waals surface area contributed by atoms with Gasteiger partial charge in [0.1, 0.15) is 17.4 Å². The minimum absolute atomic E-state index is 0.109. The number of anilines is 1. The lowest BCUT2D eigenvalue weighted by atomic mass is 10.1. The van der Waals surface area contributed by atoms with Gasteiger partial charge in [-0.1, -0.05) is 18.2 Å². The summed E-state index contributed by atoms with van der Waals surface area (Å²) in [7, 11) is 0. The Morgan fingerprint density at radius 3 is 2.50 bits per heavy atom. The number of aryl methyl sites for hydroxylation is 1. The fourth-order valence-electron chi connectivity index (χ4n) is 2.95. The van der Waals surface area contributed by atoms with E-state index in [0.29, 0.717) is 10.6 Å². The number of nitrogens with zero attached hydrogens (tertiary/aromatic N) is 1. The van der Waals surface area contributed by atoms with Gasteiger partial charge < -0.3 is 16.0 Å². The van der Waals surface area contributed by atoms with Gasteiger partial charge in [-0.3, -0.25) is 14.4 Å². The van der Waals surface area contributed by atoms with E-state index in [2.05, 4.69) is 5.32 Å². The topological polar surface area (TPSA) is 92.5 Å². The number of amides is 3. The van der Waals surface area contributed by atoms with Gasteiger partial charge in [-0.2, -0.15) is 0 Å². The highest BCUT2D eigenvalue weighted by molar-refractivity contribution is 7.16. The third-order valence-electron chi connectivity index (χ3n) is 4.54. The Morgan fingerprint density at radius 1 is 1.13 bits per heavy atom. The van der Waals surface area contributed by atoms with Crippen LogP contribution in [-0.4, -0.2) is 29.2 Å². The lowest BCUT2D eigenvalue weighted by Gasteiger charge is -2.22. The van der Waals surface area contributed by atoms with Crippen molar-refractivity contribution in [2.24, 2.45) is 5.73 Å². The molecule has 0 aliphatic rings. The van der Waals surface area contributed by atoms with Crippen LogP contribution in [0.15, 0.2) is 41.8 Å². The molecule has 0 saturated carbocycles. The van der Waals surface area contributed by atoms with Gasteiger partial charge in [-0.25, -0.2) is 4.39 Å². The average Bonchev–Trinajstić information content (AvgIpc) is 3.29. The Labute approximate surface area is 181 Å². The summed E-state index contributed by atoms with van der Waals surface area (Å²) in [5.74, 6) is -2.38. The van der Waals surface area contributed by atoms with Crippen LogP contribution < -0.4 is 11.1 Å². The lowest BCUT2D eigenvalue weighted by molar-refractivity contribution is -0.117. The molecule has 0 bridgehead atoms. The van der Waals surface area contributed by atoms with E-state index in [1.165, 1.54) is 45.8 Å². The van der Waals surface area contributed by atoms with Crippen molar-refractivity contribution >= 4 is 45.4 Å². The number of hydrogen-bond donors (Lipinski definition) is 2. The normalized spacial score (nSPS) is 10.6. The second kappa shape index (κ2) is 9.19. The number of hydrogen-bond acceptors (Lipinski definition) is 5. The third-order valence-corrected chi connectivity index (χ3v) is 6.52. The fourth-order valence-corrected chi connectivity index (χ4v) is 4.75. The third kappa shape index (κ3) is 4.74. The number of primary amides is 1. The second-order valence-corrected chi connectivity index (χ2v) is 8.88. The summed E-state index contributed by atoms with van der Waals surface area (Å²) in [5, 5.41) is 4.88. The molecule has 9 heteroatoms. The first kappa shape index (κ1) is 21.7. The SMILES string of the molecule is Cc1sc(NC(=O)CN(Cc2cccs2)C(=O)c2ccccc2F)c(C(N)=O)c1C. The first-order chi connectivity index (χ1) is 14.3. The van der Waals surface area contributed by atoms with Crippen LogP contribution in [0.4, 0.5) is 9.39 Å². The monoisotopic (exact) mass is 445 g/mol. The Kier molecular flexibility index (Phi) is 6.63. The van der Waals surface area contributed by atoms with Crippen molar-refractivity contribution in [1.29, 1.82) is 0 Å². The van der Waals surface area contributed by atoms with Crippen LogP contribution in [0.25, 0.3) is 0 Å². The number of carbonyl (C=O) groups is 3. The van der Waals surface area contributed by atoms with E-state index in [-0.39, 0.29) is 24.2 Å². The van der Waals surface area contributed by atoms with Crippen molar-refractivity contribution in [1.82, 2.24) is 4.90 Å². The van der Waals surface area contributed by atoms with Gasteiger partial charge in [0.25, 0.3) is 11.8 Å². The maximum absolute atomic E-state index is 14.2. The molecule has 6 nitrogen and oxygen atoms in total. The van der Waals surface area contributed by atoms with E-state index in [1.54, 1.807) is 13.0 Å². The summed E-state index contributed by atoms with van der Waals surface area (Å²) in [6.07, 6.45) is 0. The summed E-state index contributed by atoms with van der Waals surface area (Å²) >= 11 is 2.68. The molecule has 0 spiro atoms. The van der Waals surface area contributed by atoms with E-state index in [0.717, 1.165) is 9.75 Å². The zero-order valence-corrected chi connectivity index (χ0v) is 18.0. The summed E-state index contributed by atoms with van der Waals surface area (Å²) in [4.78, 5) is 40.4. The number of nitrogens with one attached hydrogen (secondary N) is 1. The molecule has 30 heavy (non-hydrogen) atoms. The predicted octanol–water partition coefficient (Wildman–Crippen LogP) is 3.95. The molecule has 2 heterocycles. The van der Waals surface area contributed by atoms with Crippen molar-refractivity contribution in [2.75, 3.05) is 11.9 Å². The molecule has 3 N–H and O–H groups in total. The van der Waals surface area contributed by atoms with Crippen LogP contribution in [0, 0.1) is 19.7 Å². The molecule has 0 aliphatic heterocycles. The van der Waals surface area contributed by atoms with Crippen LogP contribution in [0.1, 0.15) is 36.0 Å². The van der Waals surface area contributed by atoms with Crippen LogP contribution in [0.5, 0.6) is 0 Å². The smallest absolute Gasteiger partial charge is 0.257 e. The van der Waals surface area contributed by atoms with Crippen LogP contribution >= 0.6 is 22.7 Å². The summed E-state index contributed by atoms with van der Waals surface area (Å²) in [5.41, 5.74) is 6.31. The Balaban J connectivity index is 1.84. The van der Waals surface area contributed by atoms with Gasteiger partial charge in [0.2, 0.25) is 5.91 Å². The van der Waals surface area contributed by atoms with Crippen molar-refractivity contribution in [3.05, 3.63) is 74.0 Å². The highest BCUT2D eigenvalue weighted by Gasteiger charge is 2.24. The zero-order chi connectivity index (χ0) is 21.8. The van der Waals surface area contributed by atoms with Crippen molar-refractivity contribution < 1.29 is 18.8 Å². The van der Waals surface area contributed by atoms with Gasteiger partial charge in [0.05, 0.1) is 17.7 Å². The first-order valence-electron chi connectivity index (χ1n) is 9.03. The summed E-state index contributed by atoms with van der Waals surface area (Å²) < 4.78 is 14.2. The Morgan fingerprint density at radius 2 is 1.87 bits per heavy atom. The second-order valence-electron chi connectivity index (χ2n) is 6.62. The summed E-state index contributed by atoms with van der Waals surface area (Å²) in [6.45, 7) is 3.43. The molecule has 3 amide bonds. The predicted molar refractivity (Wildman–Crippen MR) is 116 cm³/mol. The molecule has 0 fully saturated rings. The zero-order valence-electron chi connectivity index (χ0n) is 16.4. The molecule has 156 valence electrons. The van der Waals surface area contributed by atoms with Crippen molar-refractivity contribution in [3.63, 3.8) is 0 Å². The van der Waals surface area contributed by atoms with Crippen molar-refractivity contribution in [2.45, 2.75) is 20.4 Å². The molecule has 1 aromatic carbocycles. The number of rotatable bonds is 7.